The average molecular weight is 178 g/mol. The standard InChI is InChI=1S/C8H18O2S/c1-5-6-8(7(2)3)11(4,9)10/h7-8H,5-6H2,1-4H3. The van der Waals surface area contributed by atoms with Gasteiger partial charge in [-0.15, -0.1) is 0 Å². The molecule has 0 aliphatic carbocycles. The molecule has 0 aromatic rings. The van der Waals surface area contributed by atoms with E-state index in [9.17, 15) is 8.42 Å². The minimum atomic E-state index is -2.83. The highest BCUT2D eigenvalue weighted by Crippen LogP contribution is 2.16. The van der Waals surface area contributed by atoms with Gasteiger partial charge in [-0.05, 0) is 12.3 Å². The zero-order valence-electron chi connectivity index (χ0n) is 7.79. The molecule has 0 aromatic heterocycles. The van der Waals surface area contributed by atoms with Gasteiger partial charge < -0.3 is 0 Å². The van der Waals surface area contributed by atoms with E-state index in [-0.39, 0.29) is 11.2 Å². The van der Waals surface area contributed by atoms with E-state index in [4.69, 9.17) is 0 Å². The summed E-state index contributed by atoms with van der Waals surface area (Å²) in [5.74, 6) is 0.241. The molecule has 0 rings (SSSR count). The van der Waals surface area contributed by atoms with Gasteiger partial charge in [0.15, 0.2) is 9.84 Å². The molecule has 0 saturated carbocycles. The summed E-state index contributed by atoms with van der Waals surface area (Å²) in [4.78, 5) is 0. The predicted molar refractivity (Wildman–Crippen MR) is 48.4 cm³/mol. The van der Waals surface area contributed by atoms with Crippen molar-refractivity contribution in [2.45, 2.75) is 38.9 Å². The van der Waals surface area contributed by atoms with E-state index in [1.165, 1.54) is 6.26 Å². The Morgan fingerprint density at radius 3 is 1.82 bits per heavy atom. The van der Waals surface area contributed by atoms with Crippen LogP contribution in [0.1, 0.15) is 33.6 Å². The number of hydrogen-bond acceptors (Lipinski definition) is 2. The SMILES string of the molecule is CCCC(C(C)C)S(C)(=O)=O. The van der Waals surface area contributed by atoms with Crippen LogP contribution in [-0.4, -0.2) is 19.9 Å². The summed E-state index contributed by atoms with van der Waals surface area (Å²) in [6, 6.07) is 0. The molecule has 0 aromatic carbocycles. The normalized spacial score (nSPS) is 15.4. The topological polar surface area (TPSA) is 34.1 Å². The summed E-state index contributed by atoms with van der Waals surface area (Å²) in [6.45, 7) is 5.93. The van der Waals surface area contributed by atoms with E-state index < -0.39 is 9.84 Å². The second-order valence-corrected chi connectivity index (χ2v) is 5.67. The van der Waals surface area contributed by atoms with Crippen molar-refractivity contribution in [1.29, 1.82) is 0 Å². The summed E-state index contributed by atoms with van der Waals surface area (Å²) < 4.78 is 22.3. The van der Waals surface area contributed by atoms with Crippen LogP contribution in [0.2, 0.25) is 0 Å². The zero-order chi connectivity index (χ0) is 9.07. The van der Waals surface area contributed by atoms with Crippen LogP contribution in [0.15, 0.2) is 0 Å². The van der Waals surface area contributed by atoms with Crippen molar-refractivity contribution in [1.82, 2.24) is 0 Å². The Morgan fingerprint density at radius 1 is 1.27 bits per heavy atom. The Kier molecular flexibility index (Phi) is 4.08. The maximum atomic E-state index is 11.2. The largest absolute Gasteiger partial charge is 0.229 e. The van der Waals surface area contributed by atoms with Gasteiger partial charge in [0.1, 0.15) is 0 Å². The van der Waals surface area contributed by atoms with Crippen molar-refractivity contribution < 1.29 is 8.42 Å². The van der Waals surface area contributed by atoms with Crippen LogP contribution in [0.5, 0.6) is 0 Å². The molecule has 1 unspecified atom stereocenters. The zero-order valence-corrected chi connectivity index (χ0v) is 8.61. The first-order chi connectivity index (χ1) is 4.89. The van der Waals surface area contributed by atoms with Gasteiger partial charge in [0.2, 0.25) is 0 Å². The Balaban J connectivity index is 4.36. The van der Waals surface area contributed by atoms with Crippen LogP contribution in [0.3, 0.4) is 0 Å². The van der Waals surface area contributed by atoms with Crippen molar-refractivity contribution in [3.05, 3.63) is 0 Å². The molecule has 0 bridgehead atoms. The smallest absolute Gasteiger partial charge is 0.150 e. The fourth-order valence-corrected chi connectivity index (χ4v) is 2.98. The second kappa shape index (κ2) is 4.10. The Labute approximate surface area is 69.9 Å². The first-order valence-electron chi connectivity index (χ1n) is 4.08. The lowest BCUT2D eigenvalue weighted by Gasteiger charge is -2.17. The minimum absolute atomic E-state index is 0.146. The molecule has 1 atom stereocenters. The summed E-state index contributed by atoms with van der Waals surface area (Å²) in [5, 5.41) is -0.146. The lowest BCUT2D eigenvalue weighted by atomic mass is 10.1. The molecular weight excluding hydrogens is 160 g/mol. The molecule has 0 N–H and O–H groups in total. The first kappa shape index (κ1) is 11.0. The van der Waals surface area contributed by atoms with E-state index >= 15 is 0 Å². The van der Waals surface area contributed by atoms with Crippen LogP contribution in [0, 0.1) is 5.92 Å². The van der Waals surface area contributed by atoms with Crippen molar-refractivity contribution in [3.8, 4) is 0 Å². The average Bonchev–Trinajstić information content (AvgIpc) is 1.79. The van der Waals surface area contributed by atoms with Gasteiger partial charge in [-0.2, -0.15) is 0 Å². The summed E-state index contributed by atoms with van der Waals surface area (Å²) >= 11 is 0. The molecule has 3 heteroatoms. The molecule has 0 radical (unpaired) electrons. The highest BCUT2D eigenvalue weighted by atomic mass is 32.2. The number of hydrogen-bond donors (Lipinski definition) is 0. The lowest BCUT2D eigenvalue weighted by molar-refractivity contribution is 0.512. The van der Waals surface area contributed by atoms with E-state index in [2.05, 4.69) is 0 Å². The third kappa shape index (κ3) is 3.75. The summed E-state index contributed by atoms with van der Waals surface area (Å²) in [5.41, 5.74) is 0. The van der Waals surface area contributed by atoms with Gasteiger partial charge in [0.05, 0.1) is 5.25 Å². The summed E-state index contributed by atoms with van der Waals surface area (Å²) in [7, 11) is -2.83. The maximum Gasteiger partial charge on any atom is 0.150 e. The molecule has 0 aliphatic heterocycles. The van der Waals surface area contributed by atoms with Gasteiger partial charge in [0.25, 0.3) is 0 Å². The molecule has 0 heterocycles. The summed E-state index contributed by atoms with van der Waals surface area (Å²) in [6.07, 6.45) is 3.06. The monoisotopic (exact) mass is 178 g/mol. The third-order valence-corrected chi connectivity index (χ3v) is 3.75. The van der Waals surface area contributed by atoms with Crippen molar-refractivity contribution in [2.24, 2.45) is 5.92 Å². The Bertz CT molecular complexity index is 192. The van der Waals surface area contributed by atoms with Crippen LogP contribution < -0.4 is 0 Å². The molecule has 0 spiro atoms. The molecule has 11 heavy (non-hydrogen) atoms. The molecule has 0 fully saturated rings. The Morgan fingerprint density at radius 2 is 1.73 bits per heavy atom. The highest BCUT2D eigenvalue weighted by Gasteiger charge is 2.22. The Hall–Kier alpha value is -0.0500. The van der Waals surface area contributed by atoms with Gasteiger partial charge in [-0.25, -0.2) is 8.42 Å². The van der Waals surface area contributed by atoms with Crippen molar-refractivity contribution >= 4 is 9.84 Å². The van der Waals surface area contributed by atoms with Crippen LogP contribution in [-0.2, 0) is 9.84 Å². The molecule has 68 valence electrons. The molecule has 2 nitrogen and oxygen atoms in total. The van der Waals surface area contributed by atoms with Crippen molar-refractivity contribution in [3.63, 3.8) is 0 Å². The van der Waals surface area contributed by atoms with Gasteiger partial charge >= 0.3 is 0 Å². The molecule has 0 aliphatic rings. The fourth-order valence-electron chi connectivity index (χ4n) is 1.33. The van der Waals surface area contributed by atoms with Gasteiger partial charge in [0, 0.05) is 6.26 Å². The number of sulfone groups is 1. The molecule has 0 saturated heterocycles. The van der Waals surface area contributed by atoms with Crippen LogP contribution in [0.25, 0.3) is 0 Å². The first-order valence-corrected chi connectivity index (χ1v) is 6.04. The van der Waals surface area contributed by atoms with E-state index in [1.807, 2.05) is 20.8 Å². The van der Waals surface area contributed by atoms with Gasteiger partial charge in [-0.1, -0.05) is 27.2 Å². The number of rotatable bonds is 4. The van der Waals surface area contributed by atoms with Crippen LogP contribution in [0.4, 0.5) is 0 Å². The molecular formula is C8H18O2S. The van der Waals surface area contributed by atoms with Gasteiger partial charge in [-0.3, -0.25) is 0 Å². The second-order valence-electron chi connectivity index (χ2n) is 3.40. The lowest BCUT2D eigenvalue weighted by Crippen LogP contribution is -2.25. The third-order valence-electron chi connectivity index (χ3n) is 1.87. The van der Waals surface area contributed by atoms with E-state index in [1.54, 1.807) is 0 Å². The van der Waals surface area contributed by atoms with E-state index in [0.29, 0.717) is 0 Å². The fraction of sp³-hybridized carbons (Fsp3) is 1.00. The molecule has 0 amide bonds. The highest BCUT2D eigenvalue weighted by molar-refractivity contribution is 7.91. The van der Waals surface area contributed by atoms with Crippen molar-refractivity contribution in [2.75, 3.05) is 6.26 Å². The van der Waals surface area contributed by atoms with E-state index in [0.717, 1.165) is 12.8 Å². The van der Waals surface area contributed by atoms with Crippen LogP contribution >= 0.6 is 0 Å². The maximum absolute atomic E-state index is 11.2. The quantitative estimate of drug-likeness (QED) is 0.658. The minimum Gasteiger partial charge on any atom is -0.229 e. The predicted octanol–water partition coefficient (Wildman–Crippen LogP) is 1.86.